The molecule has 2 amide bonds. The summed E-state index contributed by atoms with van der Waals surface area (Å²) in [6.45, 7) is 5.42. The van der Waals surface area contributed by atoms with Gasteiger partial charge in [-0.2, -0.15) is 0 Å². The van der Waals surface area contributed by atoms with Crippen LogP contribution < -0.4 is 10.2 Å². The summed E-state index contributed by atoms with van der Waals surface area (Å²) in [5.74, 6) is 0.488. The van der Waals surface area contributed by atoms with E-state index in [4.69, 9.17) is 0 Å². The number of benzene rings is 2. The predicted molar refractivity (Wildman–Crippen MR) is 117 cm³/mol. The van der Waals surface area contributed by atoms with E-state index in [1.165, 1.54) is 5.56 Å². The maximum atomic E-state index is 12.5. The number of hydrogen-bond donors (Lipinski definition) is 1. The van der Waals surface area contributed by atoms with Gasteiger partial charge in [-0.15, -0.1) is 0 Å². The van der Waals surface area contributed by atoms with Gasteiger partial charge in [0.25, 0.3) is 5.91 Å². The first kappa shape index (κ1) is 19.9. The minimum Gasteiger partial charge on any atom is -0.348 e. The zero-order valence-corrected chi connectivity index (χ0v) is 18.0. The molecule has 0 spiro atoms. The molecule has 0 aliphatic carbocycles. The number of anilines is 1. The monoisotopic (exact) mass is 476 g/mol. The molecule has 2 aromatic carbocycles. The Morgan fingerprint density at radius 3 is 2.59 bits per heavy atom. The summed E-state index contributed by atoms with van der Waals surface area (Å²) in [5, 5.41) is 2.98. The van der Waals surface area contributed by atoms with Gasteiger partial charge in [0.2, 0.25) is 5.91 Å². The summed E-state index contributed by atoms with van der Waals surface area (Å²) >= 11 is 2.22. The Hall–Kier alpha value is -1.89. The second kappa shape index (κ2) is 8.87. The molecule has 3 rings (SSSR count). The molecular formula is C22H25IN2O2. The minimum atomic E-state index is -0.0714. The molecular weight excluding hydrogens is 451 g/mol. The van der Waals surface area contributed by atoms with Crippen LogP contribution in [0.1, 0.15) is 48.2 Å². The lowest BCUT2D eigenvalue weighted by Crippen LogP contribution is -2.36. The Bertz CT molecular complexity index is 831. The van der Waals surface area contributed by atoms with E-state index in [1.54, 1.807) is 0 Å². The van der Waals surface area contributed by atoms with Crippen LogP contribution in [0, 0.1) is 9.49 Å². The fourth-order valence-electron chi connectivity index (χ4n) is 3.36. The first-order valence-electron chi connectivity index (χ1n) is 9.40. The molecule has 0 saturated heterocycles. The zero-order chi connectivity index (χ0) is 19.4. The van der Waals surface area contributed by atoms with Gasteiger partial charge >= 0.3 is 0 Å². The number of aryl methyl sites for hydroxylation is 1. The summed E-state index contributed by atoms with van der Waals surface area (Å²) in [7, 11) is 0. The molecule has 27 heavy (non-hydrogen) atoms. The van der Waals surface area contributed by atoms with Crippen molar-refractivity contribution in [3.8, 4) is 0 Å². The molecule has 0 fully saturated rings. The average molecular weight is 476 g/mol. The van der Waals surface area contributed by atoms with E-state index in [2.05, 4.69) is 47.8 Å². The number of carbonyl (C=O) groups is 2. The van der Waals surface area contributed by atoms with Gasteiger partial charge in [0.05, 0.1) is 0 Å². The summed E-state index contributed by atoms with van der Waals surface area (Å²) in [6, 6.07) is 13.7. The summed E-state index contributed by atoms with van der Waals surface area (Å²) in [6.07, 6.45) is 2.53. The Morgan fingerprint density at radius 1 is 1.15 bits per heavy atom. The molecule has 0 atom stereocenters. The van der Waals surface area contributed by atoms with E-state index >= 15 is 0 Å². The van der Waals surface area contributed by atoms with Crippen LogP contribution in [0.3, 0.4) is 0 Å². The molecule has 1 heterocycles. The topological polar surface area (TPSA) is 49.4 Å². The highest BCUT2D eigenvalue weighted by Gasteiger charge is 2.23. The number of hydrogen-bond acceptors (Lipinski definition) is 2. The lowest BCUT2D eigenvalue weighted by Gasteiger charge is -2.30. The smallest absolute Gasteiger partial charge is 0.251 e. The number of rotatable bonds is 5. The van der Waals surface area contributed by atoms with Crippen molar-refractivity contribution >= 4 is 40.1 Å². The average Bonchev–Trinajstić information content (AvgIpc) is 2.65. The van der Waals surface area contributed by atoms with Crippen molar-refractivity contribution in [3.63, 3.8) is 0 Å². The zero-order valence-electron chi connectivity index (χ0n) is 15.8. The summed E-state index contributed by atoms with van der Waals surface area (Å²) < 4.78 is 1.11. The standard InChI is InChI=1S/C22H25IN2O2/c1-15(2)12-21(26)25-11-3-4-18-13-16(5-10-20(18)25)14-24-22(27)17-6-8-19(23)9-7-17/h5-10,13,15H,3-4,11-12,14H2,1-2H3,(H,24,27). The van der Waals surface area contributed by atoms with Crippen molar-refractivity contribution in [1.29, 1.82) is 0 Å². The van der Waals surface area contributed by atoms with Crippen LogP contribution in [0.4, 0.5) is 5.69 Å². The molecule has 0 unspecified atom stereocenters. The van der Waals surface area contributed by atoms with E-state index in [0.29, 0.717) is 24.4 Å². The van der Waals surface area contributed by atoms with Gasteiger partial charge in [0, 0.05) is 34.3 Å². The largest absolute Gasteiger partial charge is 0.348 e. The van der Waals surface area contributed by atoms with Gasteiger partial charge in [-0.1, -0.05) is 26.0 Å². The molecule has 5 heteroatoms. The summed E-state index contributed by atoms with van der Waals surface area (Å²) in [5.41, 5.74) is 3.95. The van der Waals surface area contributed by atoms with Crippen LogP contribution in [0.15, 0.2) is 42.5 Å². The predicted octanol–water partition coefficient (Wildman–Crippen LogP) is 4.55. The number of nitrogens with one attached hydrogen (secondary N) is 1. The van der Waals surface area contributed by atoms with Gasteiger partial charge in [0.1, 0.15) is 0 Å². The van der Waals surface area contributed by atoms with E-state index in [0.717, 1.165) is 34.2 Å². The highest BCUT2D eigenvalue weighted by molar-refractivity contribution is 14.1. The van der Waals surface area contributed by atoms with Gasteiger partial charge in [-0.3, -0.25) is 9.59 Å². The Morgan fingerprint density at radius 2 is 1.89 bits per heavy atom. The quantitative estimate of drug-likeness (QED) is 0.645. The molecule has 1 aliphatic rings. The van der Waals surface area contributed by atoms with Gasteiger partial charge < -0.3 is 10.2 Å². The Labute approximate surface area is 174 Å². The van der Waals surface area contributed by atoms with Gasteiger partial charge in [-0.05, 0) is 82.8 Å². The second-order valence-corrected chi connectivity index (χ2v) is 8.65. The number of nitrogens with zero attached hydrogens (tertiary/aromatic N) is 1. The van der Waals surface area contributed by atoms with Crippen molar-refractivity contribution in [2.45, 2.75) is 39.7 Å². The van der Waals surface area contributed by atoms with E-state index in [1.807, 2.05) is 41.3 Å². The van der Waals surface area contributed by atoms with Crippen LogP contribution in [0.25, 0.3) is 0 Å². The fourth-order valence-corrected chi connectivity index (χ4v) is 3.72. The number of amides is 2. The van der Waals surface area contributed by atoms with Gasteiger partial charge in [-0.25, -0.2) is 0 Å². The molecule has 0 saturated carbocycles. The highest BCUT2D eigenvalue weighted by atomic mass is 127. The van der Waals surface area contributed by atoms with Crippen molar-refractivity contribution in [3.05, 3.63) is 62.7 Å². The number of fused-ring (bicyclic) bond motifs is 1. The van der Waals surface area contributed by atoms with E-state index < -0.39 is 0 Å². The first-order chi connectivity index (χ1) is 12.9. The lowest BCUT2D eigenvalue weighted by atomic mass is 9.98. The first-order valence-corrected chi connectivity index (χ1v) is 10.5. The Kier molecular flexibility index (Phi) is 6.52. The molecule has 1 N–H and O–H groups in total. The molecule has 0 radical (unpaired) electrons. The second-order valence-electron chi connectivity index (χ2n) is 7.40. The van der Waals surface area contributed by atoms with E-state index in [9.17, 15) is 9.59 Å². The number of carbonyl (C=O) groups excluding carboxylic acids is 2. The molecule has 0 aromatic heterocycles. The Balaban J connectivity index is 1.67. The normalized spacial score (nSPS) is 13.4. The third-order valence-corrected chi connectivity index (χ3v) is 5.43. The highest BCUT2D eigenvalue weighted by Crippen LogP contribution is 2.29. The van der Waals surface area contributed by atoms with Crippen molar-refractivity contribution in [1.82, 2.24) is 5.32 Å². The molecule has 0 bridgehead atoms. The minimum absolute atomic E-state index is 0.0714. The van der Waals surface area contributed by atoms with Crippen molar-refractivity contribution < 1.29 is 9.59 Å². The third-order valence-electron chi connectivity index (χ3n) is 4.71. The molecule has 4 nitrogen and oxygen atoms in total. The molecule has 1 aliphatic heterocycles. The molecule has 2 aromatic rings. The van der Waals surface area contributed by atoms with Crippen molar-refractivity contribution in [2.24, 2.45) is 5.92 Å². The SMILES string of the molecule is CC(C)CC(=O)N1CCCc2cc(CNC(=O)c3ccc(I)cc3)ccc21. The lowest BCUT2D eigenvalue weighted by molar-refractivity contribution is -0.119. The van der Waals surface area contributed by atoms with Crippen LogP contribution in [-0.2, 0) is 17.8 Å². The number of halogens is 1. The van der Waals surface area contributed by atoms with Crippen LogP contribution in [-0.4, -0.2) is 18.4 Å². The maximum absolute atomic E-state index is 12.5. The fraction of sp³-hybridized carbons (Fsp3) is 0.364. The third kappa shape index (κ3) is 5.09. The molecule has 142 valence electrons. The van der Waals surface area contributed by atoms with Crippen LogP contribution >= 0.6 is 22.6 Å². The summed E-state index contributed by atoms with van der Waals surface area (Å²) in [4.78, 5) is 26.7. The van der Waals surface area contributed by atoms with Crippen LogP contribution in [0.5, 0.6) is 0 Å². The van der Waals surface area contributed by atoms with E-state index in [-0.39, 0.29) is 11.8 Å². The maximum Gasteiger partial charge on any atom is 0.251 e. The van der Waals surface area contributed by atoms with Gasteiger partial charge in [0.15, 0.2) is 0 Å². The van der Waals surface area contributed by atoms with Crippen molar-refractivity contribution in [2.75, 3.05) is 11.4 Å². The van der Waals surface area contributed by atoms with Crippen LogP contribution in [0.2, 0.25) is 0 Å².